The normalized spacial score (nSPS) is 16.7. The molecule has 1 aliphatic rings. The van der Waals surface area contributed by atoms with Crippen LogP contribution in [0.4, 0.5) is 5.69 Å². The number of carbonyl (C=O) groups excluding carboxylic acids is 1. The highest BCUT2D eigenvalue weighted by Crippen LogP contribution is 2.45. The highest BCUT2D eigenvalue weighted by Gasteiger charge is 2.30. The second-order valence-corrected chi connectivity index (χ2v) is 6.08. The molecule has 0 spiro atoms. The van der Waals surface area contributed by atoms with Crippen molar-refractivity contribution in [2.45, 2.75) is 12.3 Å². The van der Waals surface area contributed by atoms with Crippen LogP contribution in [0.25, 0.3) is 11.0 Å². The lowest BCUT2D eigenvalue weighted by Crippen LogP contribution is -2.23. The van der Waals surface area contributed by atoms with E-state index in [0.717, 1.165) is 28.3 Å². The van der Waals surface area contributed by atoms with Gasteiger partial charge in [0.05, 0.1) is 18.8 Å². The average molecular weight is 343 g/mol. The summed E-state index contributed by atoms with van der Waals surface area (Å²) in [5.41, 5.74) is 3.69. The van der Waals surface area contributed by atoms with Crippen molar-refractivity contribution in [2.24, 2.45) is 0 Å². The number of benzene rings is 2. The molecule has 1 aliphatic heterocycles. The fourth-order valence-electron chi connectivity index (χ4n) is 3.08. The molecule has 0 saturated carbocycles. The fourth-order valence-corrected chi connectivity index (χ4v) is 3.63. The van der Waals surface area contributed by atoms with Gasteiger partial charge in [0.15, 0.2) is 11.5 Å². The first-order valence-electron chi connectivity index (χ1n) is 7.23. The van der Waals surface area contributed by atoms with Crippen LogP contribution in [0.15, 0.2) is 24.3 Å². The van der Waals surface area contributed by atoms with Crippen molar-refractivity contribution in [1.82, 2.24) is 8.75 Å². The molecule has 0 fully saturated rings. The lowest BCUT2D eigenvalue weighted by molar-refractivity contribution is -0.116. The topological polar surface area (TPSA) is 105 Å². The van der Waals surface area contributed by atoms with Crippen molar-refractivity contribution in [1.29, 1.82) is 0 Å². The number of methoxy groups -OCH3 is 1. The summed E-state index contributed by atoms with van der Waals surface area (Å²) < 4.78 is 13.7. The minimum Gasteiger partial charge on any atom is -0.504 e. The number of anilines is 1. The third-order valence-electron chi connectivity index (χ3n) is 4.18. The van der Waals surface area contributed by atoms with E-state index in [-0.39, 0.29) is 35.5 Å². The average Bonchev–Trinajstić information content (AvgIpc) is 3.05. The Morgan fingerprint density at radius 1 is 1.29 bits per heavy atom. The van der Waals surface area contributed by atoms with Crippen LogP contribution in [0, 0.1) is 0 Å². The Labute approximate surface area is 140 Å². The second-order valence-electron chi connectivity index (χ2n) is 5.55. The Bertz CT molecular complexity index is 969. The summed E-state index contributed by atoms with van der Waals surface area (Å²) in [6, 6.07) is 6.69. The molecule has 3 N–H and O–H groups in total. The van der Waals surface area contributed by atoms with E-state index in [1.165, 1.54) is 13.2 Å². The molecule has 8 heteroatoms. The molecule has 0 saturated heterocycles. The number of phenols is 2. The minimum atomic E-state index is -0.324. The smallest absolute Gasteiger partial charge is 0.225 e. The van der Waals surface area contributed by atoms with Crippen LogP contribution in [0.5, 0.6) is 17.2 Å². The van der Waals surface area contributed by atoms with E-state index in [0.29, 0.717) is 11.3 Å². The summed E-state index contributed by atoms with van der Waals surface area (Å²) >= 11 is 1.11. The SMILES string of the molecule is COc1cc([C@H]2CC(=O)Nc3ccc4nsnc4c32)cc(O)c1O. The Kier molecular flexibility index (Phi) is 3.27. The van der Waals surface area contributed by atoms with Gasteiger partial charge >= 0.3 is 0 Å². The van der Waals surface area contributed by atoms with Crippen LogP contribution in [0.3, 0.4) is 0 Å². The monoisotopic (exact) mass is 343 g/mol. The molecule has 122 valence electrons. The van der Waals surface area contributed by atoms with Crippen LogP contribution in [-0.4, -0.2) is 32.0 Å². The van der Waals surface area contributed by atoms with Gasteiger partial charge in [-0.25, -0.2) is 0 Å². The van der Waals surface area contributed by atoms with E-state index in [9.17, 15) is 15.0 Å². The highest BCUT2D eigenvalue weighted by molar-refractivity contribution is 7.00. The quantitative estimate of drug-likeness (QED) is 0.618. The van der Waals surface area contributed by atoms with Gasteiger partial charge in [-0.15, -0.1) is 0 Å². The number of rotatable bonds is 2. The molecule has 7 nitrogen and oxygen atoms in total. The summed E-state index contributed by atoms with van der Waals surface area (Å²) in [7, 11) is 1.41. The Morgan fingerprint density at radius 2 is 2.12 bits per heavy atom. The van der Waals surface area contributed by atoms with Gasteiger partial charge in [0.25, 0.3) is 0 Å². The van der Waals surface area contributed by atoms with Crippen molar-refractivity contribution in [3.05, 3.63) is 35.4 Å². The largest absolute Gasteiger partial charge is 0.504 e. The number of carbonyl (C=O) groups is 1. The zero-order valence-electron chi connectivity index (χ0n) is 12.6. The first-order valence-corrected chi connectivity index (χ1v) is 7.96. The zero-order valence-corrected chi connectivity index (χ0v) is 13.4. The van der Waals surface area contributed by atoms with Crippen LogP contribution in [0.2, 0.25) is 0 Å². The number of aromatic nitrogens is 2. The maximum Gasteiger partial charge on any atom is 0.225 e. The number of fused-ring (bicyclic) bond motifs is 3. The van der Waals surface area contributed by atoms with E-state index >= 15 is 0 Å². The van der Waals surface area contributed by atoms with Gasteiger partial charge in [0, 0.05) is 23.6 Å². The van der Waals surface area contributed by atoms with Crippen molar-refractivity contribution in [3.8, 4) is 17.2 Å². The standard InChI is InChI=1S/C16H13N3O4S/c1-23-12-5-7(4-11(20)16(12)22)8-6-13(21)17-9-2-3-10-15(14(8)9)19-24-18-10/h2-5,8,20,22H,6H2,1H3,(H,17,21)/t8-/m1/s1. The first kappa shape index (κ1) is 14.7. The van der Waals surface area contributed by atoms with E-state index in [1.807, 2.05) is 6.07 Å². The molecule has 2 heterocycles. The lowest BCUT2D eigenvalue weighted by atomic mass is 9.83. The molecule has 1 aromatic heterocycles. The zero-order chi connectivity index (χ0) is 16.8. The van der Waals surface area contributed by atoms with Crippen LogP contribution < -0.4 is 10.1 Å². The molecule has 0 unspecified atom stereocenters. The van der Waals surface area contributed by atoms with Crippen molar-refractivity contribution in [3.63, 3.8) is 0 Å². The number of amides is 1. The summed E-state index contributed by atoms with van der Waals surface area (Å²) in [6.45, 7) is 0. The van der Waals surface area contributed by atoms with Crippen LogP contribution in [-0.2, 0) is 4.79 Å². The maximum atomic E-state index is 12.1. The third kappa shape index (κ3) is 2.15. The maximum absolute atomic E-state index is 12.1. The van der Waals surface area contributed by atoms with Gasteiger partial charge in [-0.2, -0.15) is 8.75 Å². The molecule has 4 rings (SSSR count). The number of ether oxygens (including phenoxy) is 1. The number of nitrogens with zero attached hydrogens (tertiary/aromatic N) is 2. The van der Waals surface area contributed by atoms with Gasteiger partial charge in [0.2, 0.25) is 11.7 Å². The molecule has 0 bridgehead atoms. The van der Waals surface area contributed by atoms with Crippen LogP contribution >= 0.6 is 11.7 Å². The molecular formula is C16H13N3O4S. The predicted molar refractivity (Wildman–Crippen MR) is 88.8 cm³/mol. The van der Waals surface area contributed by atoms with E-state index in [1.54, 1.807) is 12.1 Å². The van der Waals surface area contributed by atoms with E-state index in [4.69, 9.17) is 4.74 Å². The van der Waals surface area contributed by atoms with Gasteiger partial charge < -0.3 is 20.3 Å². The Hall–Kier alpha value is -2.87. The number of hydrogen-bond acceptors (Lipinski definition) is 7. The molecule has 24 heavy (non-hydrogen) atoms. The molecular weight excluding hydrogens is 330 g/mol. The fraction of sp³-hybridized carbons (Fsp3) is 0.188. The van der Waals surface area contributed by atoms with Gasteiger partial charge in [-0.3, -0.25) is 4.79 Å². The Balaban J connectivity index is 1.96. The van der Waals surface area contributed by atoms with Gasteiger partial charge in [0.1, 0.15) is 11.0 Å². The molecule has 1 amide bonds. The second kappa shape index (κ2) is 5.34. The molecule has 2 aromatic carbocycles. The van der Waals surface area contributed by atoms with Crippen molar-refractivity contribution in [2.75, 3.05) is 12.4 Å². The van der Waals surface area contributed by atoms with Crippen LogP contribution in [0.1, 0.15) is 23.5 Å². The summed E-state index contributed by atoms with van der Waals surface area (Å²) in [5, 5.41) is 22.7. The minimum absolute atomic E-state index is 0.124. The van der Waals surface area contributed by atoms with E-state index < -0.39 is 0 Å². The number of nitrogens with one attached hydrogen (secondary N) is 1. The molecule has 1 atom stereocenters. The summed E-state index contributed by atoms with van der Waals surface area (Å²) in [6.07, 6.45) is 0.205. The van der Waals surface area contributed by atoms with Gasteiger partial charge in [-0.05, 0) is 29.8 Å². The summed E-state index contributed by atoms with van der Waals surface area (Å²) in [4.78, 5) is 12.1. The first-order chi connectivity index (χ1) is 11.6. The number of aromatic hydroxyl groups is 2. The molecule has 0 aliphatic carbocycles. The highest BCUT2D eigenvalue weighted by atomic mass is 32.1. The molecule has 3 aromatic rings. The van der Waals surface area contributed by atoms with Crippen molar-refractivity contribution >= 4 is 34.4 Å². The Morgan fingerprint density at radius 3 is 2.92 bits per heavy atom. The molecule has 0 radical (unpaired) electrons. The lowest BCUT2D eigenvalue weighted by Gasteiger charge is -2.26. The predicted octanol–water partition coefficient (Wildman–Crippen LogP) is 2.59. The number of hydrogen-bond donors (Lipinski definition) is 3. The van der Waals surface area contributed by atoms with Gasteiger partial charge in [-0.1, -0.05) is 0 Å². The van der Waals surface area contributed by atoms with E-state index in [2.05, 4.69) is 14.1 Å². The number of phenolic OH excluding ortho intramolecular Hbond substituents is 2. The summed E-state index contributed by atoms with van der Waals surface area (Å²) in [5.74, 6) is -0.903. The third-order valence-corrected chi connectivity index (χ3v) is 4.72. The van der Waals surface area contributed by atoms with Crippen molar-refractivity contribution < 1.29 is 19.7 Å².